The third-order valence-corrected chi connectivity index (χ3v) is 3.75. The molecule has 0 radical (unpaired) electrons. The lowest BCUT2D eigenvalue weighted by atomic mass is 10.2. The standard InChI is InChI=1S/C7H4Br2N2S/c1-3-2-4(8)6-7(5(3)9)11-12-10-6/h2H,1H3. The molecule has 2 aromatic rings. The van der Waals surface area contributed by atoms with Gasteiger partial charge in [0.15, 0.2) is 0 Å². The summed E-state index contributed by atoms with van der Waals surface area (Å²) in [6.07, 6.45) is 0. The predicted molar refractivity (Wildman–Crippen MR) is 57.6 cm³/mol. The summed E-state index contributed by atoms with van der Waals surface area (Å²) in [6, 6.07) is 2.04. The van der Waals surface area contributed by atoms with Gasteiger partial charge in [-0.3, -0.25) is 0 Å². The molecule has 1 aromatic carbocycles. The average molecular weight is 308 g/mol. The minimum atomic E-state index is 0.928. The third kappa shape index (κ3) is 1.20. The van der Waals surface area contributed by atoms with Crippen LogP contribution in [0.25, 0.3) is 11.0 Å². The van der Waals surface area contributed by atoms with Crippen molar-refractivity contribution in [1.29, 1.82) is 0 Å². The van der Waals surface area contributed by atoms with E-state index in [-0.39, 0.29) is 0 Å². The van der Waals surface area contributed by atoms with E-state index in [1.54, 1.807) is 0 Å². The Kier molecular flexibility index (Phi) is 2.18. The maximum Gasteiger partial charge on any atom is 0.120 e. The van der Waals surface area contributed by atoms with Crippen LogP contribution in [0.5, 0.6) is 0 Å². The highest BCUT2D eigenvalue weighted by atomic mass is 79.9. The number of aromatic nitrogens is 2. The monoisotopic (exact) mass is 306 g/mol. The Morgan fingerprint density at radius 3 is 2.67 bits per heavy atom. The minimum Gasteiger partial charge on any atom is -0.172 e. The lowest BCUT2D eigenvalue weighted by Gasteiger charge is -1.98. The van der Waals surface area contributed by atoms with Crippen LogP contribution in [0.1, 0.15) is 5.56 Å². The fourth-order valence-electron chi connectivity index (χ4n) is 0.998. The smallest absolute Gasteiger partial charge is 0.120 e. The SMILES string of the molecule is Cc1cc(Br)c2nsnc2c1Br. The first kappa shape index (κ1) is 8.59. The van der Waals surface area contributed by atoms with Gasteiger partial charge < -0.3 is 0 Å². The van der Waals surface area contributed by atoms with Gasteiger partial charge in [-0.25, -0.2) is 0 Å². The van der Waals surface area contributed by atoms with Crippen molar-refractivity contribution in [2.45, 2.75) is 6.92 Å². The maximum absolute atomic E-state index is 4.19. The molecule has 0 saturated heterocycles. The van der Waals surface area contributed by atoms with Crippen molar-refractivity contribution in [1.82, 2.24) is 8.75 Å². The molecule has 0 bridgehead atoms. The topological polar surface area (TPSA) is 25.8 Å². The molecule has 0 aliphatic rings. The third-order valence-electron chi connectivity index (χ3n) is 1.61. The van der Waals surface area contributed by atoms with Crippen molar-refractivity contribution in [3.8, 4) is 0 Å². The lowest BCUT2D eigenvalue weighted by molar-refractivity contribution is 1.43. The van der Waals surface area contributed by atoms with Crippen LogP contribution in [0.4, 0.5) is 0 Å². The Hall–Kier alpha value is -0.000000000000000111. The van der Waals surface area contributed by atoms with E-state index in [2.05, 4.69) is 40.6 Å². The maximum atomic E-state index is 4.19. The summed E-state index contributed by atoms with van der Waals surface area (Å²) in [5.41, 5.74) is 3.03. The van der Waals surface area contributed by atoms with Crippen molar-refractivity contribution in [2.24, 2.45) is 0 Å². The predicted octanol–water partition coefficient (Wildman–Crippen LogP) is 3.52. The highest BCUT2D eigenvalue weighted by molar-refractivity contribution is 9.11. The van der Waals surface area contributed by atoms with Gasteiger partial charge in [-0.15, -0.1) is 0 Å². The lowest BCUT2D eigenvalue weighted by Crippen LogP contribution is -1.80. The van der Waals surface area contributed by atoms with E-state index >= 15 is 0 Å². The average Bonchev–Trinajstić information content (AvgIpc) is 2.48. The second-order valence-corrected chi connectivity index (χ2v) is 4.63. The molecule has 2 nitrogen and oxygen atoms in total. The van der Waals surface area contributed by atoms with Crippen LogP contribution in [0.3, 0.4) is 0 Å². The Labute approximate surface area is 90.6 Å². The first-order chi connectivity index (χ1) is 5.70. The number of hydrogen-bond donors (Lipinski definition) is 0. The van der Waals surface area contributed by atoms with E-state index in [0.717, 1.165) is 20.0 Å². The number of fused-ring (bicyclic) bond motifs is 1. The van der Waals surface area contributed by atoms with Crippen molar-refractivity contribution in [3.05, 3.63) is 20.6 Å². The van der Waals surface area contributed by atoms with Gasteiger partial charge in [-0.2, -0.15) is 8.75 Å². The molecule has 12 heavy (non-hydrogen) atoms. The molecule has 2 rings (SSSR count). The molecule has 5 heteroatoms. The van der Waals surface area contributed by atoms with Crippen LogP contribution in [-0.2, 0) is 0 Å². The quantitative estimate of drug-likeness (QED) is 0.744. The summed E-state index contributed by atoms with van der Waals surface area (Å²) in [5.74, 6) is 0. The number of nitrogens with zero attached hydrogens (tertiary/aromatic N) is 2. The zero-order chi connectivity index (χ0) is 8.72. The molecule has 0 aliphatic carbocycles. The molecule has 0 unspecified atom stereocenters. The molecule has 1 heterocycles. The summed E-state index contributed by atoms with van der Waals surface area (Å²) < 4.78 is 10.4. The second kappa shape index (κ2) is 3.05. The molecule has 0 amide bonds. The minimum absolute atomic E-state index is 0.928. The molecule has 0 saturated carbocycles. The number of aryl methyl sites for hydroxylation is 1. The van der Waals surface area contributed by atoms with Crippen molar-refractivity contribution in [2.75, 3.05) is 0 Å². The molecule has 0 aliphatic heterocycles. The largest absolute Gasteiger partial charge is 0.172 e. The highest BCUT2D eigenvalue weighted by Gasteiger charge is 2.09. The van der Waals surface area contributed by atoms with Gasteiger partial charge in [0.1, 0.15) is 11.0 Å². The van der Waals surface area contributed by atoms with Crippen LogP contribution >= 0.6 is 43.6 Å². The Morgan fingerprint density at radius 2 is 1.92 bits per heavy atom. The van der Waals surface area contributed by atoms with Crippen molar-refractivity contribution >= 4 is 54.6 Å². The molecular weight excluding hydrogens is 304 g/mol. The van der Waals surface area contributed by atoms with Crippen LogP contribution in [0.15, 0.2) is 15.0 Å². The Morgan fingerprint density at radius 1 is 1.25 bits per heavy atom. The van der Waals surface area contributed by atoms with Crippen molar-refractivity contribution in [3.63, 3.8) is 0 Å². The molecular formula is C7H4Br2N2S. The van der Waals surface area contributed by atoms with Crippen LogP contribution in [0, 0.1) is 6.92 Å². The Bertz CT molecular complexity index is 438. The van der Waals surface area contributed by atoms with Gasteiger partial charge in [0.05, 0.1) is 11.7 Å². The van der Waals surface area contributed by atoms with Crippen LogP contribution in [0.2, 0.25) is 0 Å². The summed E-state index contributed by atoms with van der Waals surface area (Å²) in [7, 11) is 0. The van der Waals surface area contributed by atoms with Gasteiger partial charge in [0, 0.05) is 8.95 Å². The van der Waals surface area contributed by atoms with Crippen LogP contribution < -0.4 is 0 Å². The van der Waals surface area contributed by atoms with E-state index in [1.165, 1.54) is 17.3 Å². The van der Waals surface area contributed by atoms with Crippen molar-refractivity contribution < 1.29 is 0 Å². The highest BCUT2D eigenvalue weighted by Crippen LogP contribution is 2.31. The molecule has 0 atom stereocenters. The second-order valence-electron chi connectivity index (χ2n) is 2.45. The zero-order valence-corrected chi connectivity index (χ0v) is 10.1. The van der Waals surface area contributed by atoms with Crippen LogP contribution in [-0.4, -0.2) is 8.75 Å². The molecule has 62 valence electrons. The van der Waals surface area contributed by atoms with Gasteiger partial charge >= 0.3 is 0 Å². The summed E-state index contributed by atoms with van der Waals surface area (Å²) in [6.45, 7) is 2.04. The molecule has 0 fully saturated rings. The number of benzene rings is 1. The van der Waals surface area contributed by atoms with E-state index in [4.69, 9.17) is 0 Å². The van der Waals surface area contributed by atoms with E-state index in [1.807, 2.05) is 13.0 Å². The number of rotatable bonds is 0. The van der Waals surface area contributed by atoms with Gasteiger partial charge in [-0.05, 0) is 50.4 Å². The summed E-state index contributed by atoms with van der Waals surface area (Å²) in [4.78, 5) is 0. The first-order valence-electron chi connectivity index (χ1n) is 3.27. The summed E-state index contributed by atoms with van der Waals surface area (Å²) >= 11 is 8.15. The van der Waals surface area contributed by atoms with E-state index in [9.17, 15) is 0 Å². The van der Waals surface area contributed by atoms with Gasteiger partial charge in [0.25, 0.3) is 0 Å². The molecule has 1 aromatic heterocycles. The van der Waals surface area contributed by atoms with E-state index < -0.39 is 0 Å². The Balaban J connectivity index is 2.97. The first-order valence-corrected chi connectivity index (χ1v) is 5.58. The fraction of sp³-hybridized carbons (Fsp3) is 0.143. The van der Waals surface area contributed by atoms with Gasteiger partial charge in [-0.1, -0.05) is 0 Å². The number of hydrogen-bond acceptors (Lipinski definition) is 3. The number of halogens is 2. The normalized spacial score (nSPS) is 10.9. The van der Waals surface area contributed by atoms with E-state index in [0.29, 0.717) is 0 Å². The van der Waals surface area contributed by atoms with Gasteiger partial charge in [0.2, 0.25) is 0 Å². The zero-order valence-electron chi connectivity index (χ0n) is 6.14. The summed E-state index contributed by atoms with van der Waals surface area (Å²) in [5, 5.41) is 0. The molecule has 0 N–H and O–H groups in total. The molecule has 0 spiro atoms. The fourth-order valence-corrected chi connectivity index (χ4v) is 2.81.